The lowest BCUT2D eigenvalue weighted by Gasteiger charge is -2.40. The van der Waals surface area contributed by atoms with Crippen molar-refractivity contribution in [2.45, 2.75) is 59.2 Å². The Bertz CT molecular complexity index is 1000. The standard InChI is InChI=1S/C24H27BrO4/c1-7-15-9-10-16(28-19-11-8-14(2)12-18(19)25)13-17(15)20-21(26)23(3,4)29-24(5,6)22(20)27/h8-13,26H,7H2,1-6H3. The lowest BCUT2D eigenvalue weighted by Crippen LogP contribution is -2.49. The Balaban J connectivity index is 2.13. The molecule has 0 unspecified atom stereocenters. The topological polar surface area (TPSA) is 55.8 Å². The van der Waals surface area contributed by atoms with Gasteiger partial charge in [0.2, 0.25) is 0 Å². The second-order valence-electron chi connectivity index (χ2n) is 8.38. The van der Waals surface area contributed by atoms with Gasteiger partial charge in [0.15, 0.2) is 5.78 Å². The van der Waals surface area contributed by atoms with E-state index in [0.29, 0.717) is 22.6 Å². The molecule has 1 heterocycles. The van der Waals surface area contributed by atoms with E-state index in [0.717, 1.165) is 22.0 Å². The summed E-state index contributed by atoms with van der Waals surface area (Å²) in [6.07, 6.45) is 0.718. The van der Waals surface area contributed by atoms with Crippen molar-refractivity contribution in [1.29, 1.82) is 0 Å². The molecule has 1 N–H and O–H groups in total. The lowest BCUT2D eigenvalue weighted by atomic mass is 9.81. The summed E-state index contributed by atoms with van der Waals surface area (Å²) in [5.74, 6) is 0.989. The fourth-order valence-electron chi connectivity index (χ4n) is 3.67. The van der Waals surface area contributed by atoms with Crippen LogP contribution in [-0.2, 0) is 16.0 Å². The van der Waals surface area contributed by atoms with Crippen molar-refractivity contribution in [3.8, 4) is 11.5 Å². The molecule has 0 bridgehead atoms. The summed E-state index contributed by atoms with van der Waals surface area (Å²) in [6.45, 7) is 11.0. The number of Topliss-reactive ketones (excluding diaryl/α,β-unsaturated/α-hetero) is 1. The van der Waals surface area contributed by atoms with Gasteiger partial charge >= 0.3 is 0 Å². The Morgan fingerprint density at radius 1 is 1.07 bits per heavy atom. The van der Waals surface area contributed by atoms with Crippen LogP contribution in [0.25, 0.3) is 5.57 Å². The van der Waals surface area contributed by atoms with Crippen LogP contribution in [0.15, 0.2) is 46.6 Å². The lowest BCUT2D eigenvalue weighted by molar-refractivity contribution is -0.158. The molecule has 4 nitrogen and oxygen atoms in total. The summed E-state index contributed by atoms with van der Waals surface area (Å²) in [4.78, 5) is 13.2. The Labute approximate surface area is 180 Å². The normalized spacial score (nSPS) is 18.1. The van der Waals surface area contributed by atoms with Gasteiger partial charge in [0.25, 0.3) is 0 Å². The summed E-state index contributed by atoms with van der Waals surface area (Å²) < 4.78 is 12.8. The minimum Gasteiger partial charge on any atom is -0.508 e. The van der Waals surface area contributed by atoms with Gasteiger partial charge in [0, 0.05) is 0 Å². The Morgan fingerprint density at radius 2 is 1.76 bits per heavy atom. The van der Waals surface area contributed by atoms with E-state index in [1.54, 1.807) is 27.7 Å². The quantitative estimate of drug-likeness (QED) is 0.564. The largest absolute Gasteiger partial charge is 0.508 e. The third-order valence-electron chi connectivity index (χ3n) is 5.14. The maximum atomic E-state index is 13.2. The molecule has 0 aliphatic carbocycles. The summed E-state index contributed by atoms with van der Waals surface area (Å²) in [5, 5.41) is 10.9. The highest BCUT2D eigenvalue weighted by Gasteiger charge is 2.47. The van der Waals surface area contributed by atoms with Gasteiger partial charge in [0.05, 0.1) is 10.0 Å². The minimum absolute atomic E-state index is 0.0507. The molecule has 2 aromatic rings. The third kappa shape index (κ3) is 4.12. The molecule has 1 aliphatic rings. The zero-order valence-electron chi connectivity index (χ0n) is 17.7. The summed E-state index contributed by atoms with van der Waals surface area (Å²) >= 11 is 3.53. The van der Waals surface area contributed by atoms with Crippen molar-refractivity contribution in [3.05, 3.63) is 63.3 Å². The number of aliphatic hydroxyl groups excluding tert-OH is 1. The molecule has 2 aromatic carbocycles. The smallest absolute Gasteiger partial charge is 0.198 e. The molecule has 29 heavy (non-hydrogen) atoms. The highest BCUT2D eigenvalue weighted by molar-refractivity contribution is 9.10. The van der Waals surface area contributed by atoms with E-state index in [4.69, 9.17) is 9.47 Å². The van der Waals surface area contributed by atoms with Gasteiger partial charge in [-0.1, -0.05) is 19.1 Å². The van der Waals surface area contributed by atoms with Crippen molar-refractivity contribution in [2.24, 2.45) is 0 Å². The number of rotatable bonds is 4. The van der Waals surface area contributed by atoms with Crippen molar-refractivity contribution < 1.29 is 19.4 Å². The first-order valence-electron chi connectivity index (χ1n) is 9.72. The van der Waals surface area contributed by atoms with Crippen LogP contribution in [0, 0.1) is 6.92 Å². The molecular formula is C24H27BrO4. The van der Waals surface area contributed by atoms with Crippen LogP contribution < -0.4 is 4.74 Å². The van der Waals surface area contributed by atoms with Crippen molar-refractivity contribution >= 4 is 27.3 Å². The monoisotopic (exact) mass is 458 g/mol. The van der Waals surface area contributed by atoms with Crippen LogP contribution in [0.2, 0.25) is 0 Å². The zero-order chi connectivity index (χ0) is 21.6. The van der Waals surface area contributed by atoms with E-state index >= 15 is 0 Å². The molecule has 0 atom stereocenters. The summed E-state index contributed by atoms with van der Waals surface area (Å²) in [6, 6.07) is 11.5. The SMILES string of the molecule is CCc1ccc(Oc2ccc(C)cc2Br)cc1C1=C(O)C(C)(C)OC(C)(C)C1=O. The van der Waals surface area contributed by atoms with Gasteiger partial charge in [-0.3, -0.25) is 4.79 Å². The van der Waals surface area contributed by atoms with Gasteiger partial charge in [-0.2, -0.15) is 0 Å². The van der Waals surface area contributed by atoms with Gasteiger partial charge in [-0.25, -0.2) is 0 Å². The number of carbonyl (C=O) groups excluding carboxylic acids is 1. The van der Waals surface area contributed by atoms with Gasteiger partial charge in [0.1, 0.15) is 28.5 Å². The van der Waals surface area contributed by atoms with E-state index in [1.807, 2.05) is 50.2 Å². The average molecular weight is 459 g/mol. The van der Waals surface area contributed by atoms with E-state index < -0.39 is 11.2 Å². The molecule has 154 valence electrons. The van der Waals surface area contributed by atoms with E-state index in [9.17, 15) is 9.90 Å². The second-order valence-corrected chi connectivity index (χ2v) is 9.24. The predicted molar refractivity (Wildman–Crippen MR) is 119 cm³/mol. The number of carbonyl (C=O) groups is 1. The highest BCUT2D eigenvalue weighted by Crippen LogP contribution is 2.42. The van der Waals surface area contributed by atoms with Crippen molar-refractivity contribution in [3.63, 3.8) is 0 Å². The van der Waals surface area contributed by atoms with Crippen molar-refractivity contribution in [1.82, 2.24) is 0 Å². The number of hydrogen-bond donors (Lipinski definition) is 1. The number of ether oxygens (including phenoxy) is 2. The average Bonchev–Trinajstić information content (AvgIpc) is 2.62. The molecule has 0 aromatic heterocycles. The first-order valence-corrected chi connectivity index (χ1v) is 10.5. The van der Waals surface area contributed by atoms with Gasteiger partial charge < -0.3 is 14.6 Å². The van der Waals surface area contributed by atoms with E-state index in [2.05, 4.69) is 15.9 Å². The number of ketones is 1. The number of hydrogen-bond acceptors (Lipinski definition) is 4. The van der Waals surface area contributed by atoms with Crippen LogP contribution >= 0.6 is 15.9 Å². The van der Waals surface area contributed by atoms with Crippen LogP contribution in [0.4, 0.5) is 0 Å². The van der Waals surface area contributed by atoms with Crippen LogP contribution in [0.1, 0.15) is 51.3 Å². The highest BCUT2D eigenvalue weighted by atomic mass is 79.9. The summed E-state index contributed by atoms with van der Waals surface area (Å²) in [5.41, 5.74) is 1.07. The second kappa shape index (κ2) is 7.62. The Morgan fingerprint density at radius 3 is 2.38 bits per heavy atom. The van der Waals surface area contributed by atoms with Gasteiger partial charge in [-0.15, -0.1) is 0 Å². The van der Waals surface area contributed by atoms with Crippen LogP contribution in [0.3, 0.4) is 0 Å². The number of aliphatic hydroxyl groups is 1. The molecule has 5 heteroatoms. The zero-order valence-corrected chi connectivity index (χ0v) is 19.3. The number of halogens is 1. The first-order chi connectivity index (χ1) is 13.5. The fraction of sp³-hybridized carbons (Fsp3) is 0.375. The van der Waals surface area contributed by atoms with Crippen molar-refractivity contribution in [2.75, 3.05) is 0 Å². The molecule has 0 radical (unpaired) electrons. The van der Waals surface area contributed by atoms with E-state index in [1.165, 1.54) is 0 Å². The molecular weight excluding hydrogens is 432 g/mol. The number of aryl methyl sites for hydroxylation is 2. The molecule has 0 spiro atoms. The Kier molecular flexibility index (Phi) is 5.67. The first kappa shape index (κ1) is 21.6. The summed E-state index contributed by atoms with van der Waals surface area (Å²) in [7, 11) is 0. The van der Waals surface area contributed by atoms with E-state index in [-0.39, 0.29) is 11.5 Å². The van der Waals surface area contributed by atoms with Gasteiger partial charge in [-0.05, 0) is 97.9 Å². The maximum absolute atomic E-state index is 13.2. The molecule has 0 amide bonds. The molecule has 1 aliphatic heterocycles. The minimum atomic E-state index is -1.03. The molecule has 0 saturated carbocycles. The molecule has 0 fully saturated rings. The van der Waals surface area contributed by atoms with Crippen LogP contribution in [-0.4, -0.2) is 22.1 Å². The van der Waals surface area contributed by atoms with Crippen LogP contribution in [0.5, 0.6) is 11.5 Å². The Hall–Kier alpha value is -2.11. The molecule has 0 saturated heterocycles. The molecule has 3 rings (SSSR count). The predicted octanol–water partition coefficient (Wildman–Crippen LogP) is 6.54. The maximum Gasteiger partial charge on any atom is 0.198 e. The third-order valence-corrected chi connectivity index (χ3v) is 5.76. The number of benzene rings is 2. The fourth-order valence-corrected chi connectivity index (χ4v) is 4.24.